The first-order valence-corrected chi connectivity index (χ1v) is 6.14. The molecule has 1 N–H and O–H groups in total. The second-order valence-corrected chi connectivity index (χ2v) is 4.70. The molecule has 1 saturated carbocycles. The van der Waals surface area contributed by atoms with E-state index < -0.39 is 5.82 Å². The lowest BCUT2D eigenvalue weighted by Gasteiger charge is -2.24. The molecule has 0 radical (unpaired) electrons. The van der Waals surface area contributed by atoms with Crippen LogP contribution in [0.2, 0.25) is 0 Å². The van der Waals surface area contributed by atoms with Crippen LogP contribution in [0.3, 0.4) is 0 Å². The third-order valence-corrected chi connectivity index (χ3v) is 3.36. The number of carbonyl (C=O) groups is 1. The quantitative estimate of drug-likeness (QED) is 0.887. The van der Waals surface area contributed by atoms with Crippen LogP contribution in [0.5, 0.6) is 0 Å². The van der Waals surface area contributed by atoms with Crippen molar-refractivity contribution in [2.45, 2.75) is 32.2 Å². The number of hydrogen-bond acceptors (Lipinski definition) is 2. The van der Waals surface area contributed by atoms with Crippen LogP contribution in [0, 0.1) is 23.1 Å². The molecule has 4 heteroatoms. The summed E-state index contributed by atoms with van der Waals surface area (Å²) in [6.45, 7) is 0.184. The zero-order valence-corrected chi connectivity index (χ0v) is 10.1. The van der Waals surface area contributed by atoms with Gasteiger partial charge in [-0.3, -0.25) is 4.79 Å². The smallest absolute Gasteiger partial charge is 0.220 e. The Hall–Kier alpha value is -1.89. The van der Waals surface area contributed by atoms with Gasteiger partial charge in [-0.2, -0.15) is 5.26 Å². The van der Waals surface area contributed by atoms with E-state index in [0.717, 1.165) is 12.8 Å². The largest absolute Gasteiger partial charge is 0.352 e. The molecule has 1 fully saturated rings. The molecule has 0 spiro atoms. The fourth-order valence-electron chi connectivity index (χ4n) is 1.99. The Morgan fingerprint density at radius 1 is 1.50 bits per heavy atom. The maximum absolute atomic E-state index is 13.5. The number of carbonyl (C=O) groups excluding carboxylic acids is 1. The first-order valence-electron chi connectivity index (χ1n) is 6.14. The van der Waals surface area contributed by atoms with Gasteiger partial charge in [0.05, 0.1) is 11.6 Å². The molecule has 0 heterocycles. The highest BCUT2D eigenvalue weighted by molar-refractivity contribution is 5.76. The molecular formula is C14H15FN2O. The Balaban J connectivity index is 1.85. The minimum absolute atomic E-state index is 0.0246. The Labute approximate surface area is 106 Å². The minimum Gasteiger partial charge on any atom is -0.352 e. The number of nitrogens with one attached hydrogen (secondary N) is 1. The molecule has 3 nitrogen and oxygen atoms in total. The zero-order valence-electron chi connectivity index (χ0n) is 10.1. The van der Waals surface area contributed by atoms with Crippen LogP contribution in [0.25, 0.3) is 0 Å². The summed E-state index contributed by atoms with van der Waals surface area (Å²) < 4.78 is 13.5. The summed E-state index contributed by atoms with van der Waals surface area (Å²) in [4.78, 5) is 11.6. The summed E-state index contributed by atoms with van der Waals surface area (Å²) in [5, 5.41) is 11.3. The fraction of sp³-hybridized carbons (Fsp3) is 0.429. The second-order valence-electron chi connectivity index (χ2n) is 4.70. The molecule has 0 bridgehead atoms. The Kier molecular flexibility index (Phi) is 3.93. The van der Waals surface area contributed by atoms with Gasteiger partial charge < -0.3 is 5.32 Å². The van der Waals surface area contributed by atoms with Crippen molar-refractivity contribution in [3.63, 3.8) is 0 Å². The van der Waals surface area contributed by atoms with Crippen molar-refractivity contribution in [2.24, 2.45) is 5.92 Å². The molecular weight excluding hydrogens is 231 g/mol. The van der Waals surface area contributed by atoms with Gasteiger partial charge in [-0.1, -0.05) is 12.5 Å². The van der Waals surface area contributed by atoms with Crippen LogP contribution in [0.1, 0.15) is 36.8 Å². The minimum atomic E-state index is -0.446. The predicted molar refractivity (Wildman–Crippen MR) is 64.9 cm³/mol. The van der Waals surface area contributed by atoms with Gasteiger partial charge in [0.1, 0.15) is 5.82 Å². The van der Waals surface area contributed by atoms with Crippen molar-refractivity contribution in [1.82, 2.24) is 5.32 Å². The van der Waals surface area contributed by atoms with Gasteiger partial charge in [0.15, 0.2) is 0 Å². The molecule has 0 aliphatic heterocycles. The van der Waals surface area contributed by atoms with Crippen LogP contribution in [0.4, 0.5) is 4.39 Å². The monoisotopic (exact) mass is 246 g/mol. The molecule has 0 saturated heterocycles. The SMILES string of the molecule is N#Cc1ccc(CNC(=O)CC2CCC2)c(F)c1. The number of nitrogens with zero attached hydrogens (tertiary/aromatic N) is 1. The van der Waals surface area contributed by atoms with E-state index in [-0.39, 0.29) is 18.0 Å². The normalized spacial score (nSPS) is 14.7. The van der Waals surface area contributed by atoms with Crippen LogP contribution in [-0.4, -0.2) is 5.91 Å². The van der Waals surface area contributed by atoms with Crippen molar-refractivity contribution < 1.29 is 9.18 Å². The fourth-order valence-corrected chi connectivity index (χ4v) is 1.99. The van der Waals surface area contributed by atoms with Crippen molar-refractivity contribution in [1.29, 1.82) is 5.26 Å². The average molecular weight is 246 g/mol. The standard InChI is InChI=1S/C14H15FN2O/c15-13-6-11(8-16)4-5-12(13)9-17-14(18)7-10-2-1-3-10/h4-6,10H,1-3,7,9H2,(H,17,18). The third kappa shape index (κ3) is 3.07. The molecule has 2 rings (SSSR count). The zero-order chi connectivity index (χ0) is 13.0. The van der Waals surface area contributed by atoms with Gasteiger partial charge in [-0.05, 0) is 30.9 Å². The number of halogens is 1. The molecule has 1 amide bonds. The maximum Gasteiger partial charge on any atom is 0.220 e. The van der Waals surface area contributed by atoms with E-state index in [2.05, 4.69) is 5.32 Å². The van der Waals surface area contributed by atoms with Crippen molar-refractivity contribution in [3.05, 3.63) is 35.1 Å². The molecule has 1 aromatic carbocycles. The Morgan fingerprint density at radius 3 is 2.83 bits per heavy atom. The highest BCUT2D eigenvalue weighted by Crippen LogP contribution is 2.29. The molecule has 1 aromatic rings. The number of amides is 1. The predicted octanol–water partition coefficient (Wildman–Crippen LogP) is 2.50. The number of rotatable bonds is 4. The number of hydrogen-bond donors (Lipinski definition) is 1. The molecule has 0 unspecified atom stereocenters. The number of nitriles is 1. The van der Waals surface area contributed by atoms with Crippen molar-refractivity contribution >= 4 is 5.91 Å². The van der Waals surface area contributed by atoms with Crippen LogP contribution in [0.15, 0.2) is 18.2 Å². The highest BCUT2D eigenvalue weighted by Gasteiger charge is 2.20. The van der Waals surface area contributed by atoms with E-state index in [1.165, 1.54) is 18.6 Å². The molecule has 0 aromatic heterocycles. The van der Waals surface area contributed by atoms with Gasteiger partial charge >= 0.3 is 0 Å². The van der Waals surface area contributed by atoms with Crippen LogP contribution >= 0.6 is 0 Å². The lowest BCUT2D eigenvalue weighted by atomic mass is 9.83. The van der Waals surface area contributed by atoms with E-state index in [0.29, 0.717) is 17.9 Å². The summed E-state index contributed by atoms with van der Waals surface area (Å²) in [7, 11) is 0. The Morgan fingerprint density at radius 2 is 2.28 bits per heavy atom. The van der Waals surface area contributed by atoms with E-state index in [4.69, 9.17) is 5.26 Å². The van der Waals surface area contributed by atoms with Gasteiger partial charge in [0.25, 0.3) is 0 Å². The van der Waals surface area contributed by atoms with Crippen LogP contribution in [-0.2, 0) is 11.3 Å². The van der Waals surface area contributed by atoms with E-state index >= 15 is 0 Å². The van der Waals surface area contributed by atoms with Crippen molar-refractivity contribution in [2.75, 3.05) is 0 Å². The summed E-state index contributed by atoms with van der Waals surface area (Å²) >= 11 is 0. The van der Waals surface area contributed by atoms with Crippen LogP contribution < -0.4 is 5.32 Å². The summed E-state index contributed by atoms with van der Waals surface area (Å²) in [5.74, 6) is 0.0391. The van der Waals surface area contributed by atoms with Crippen molar-refractivity contribution in [3.8, 4) is 6.07 Å². The van der Waals surface area contributed by atoms with Gasteiger partial charge in [-0.25, -0.2) is 4.39 Å². The molecule has 94 valence electrons. The topological polar surface area (TPSA) is 52.9 Å². The van der Waals surface area contributed by atoms with Gasteiger partial charge in [0.2, 0.25) is 5.91 Å². The first-order chi connectivity index (χ1) is 8.69. The molecule has 18 heavy (non-hydrogen) atoms. The second kappa shape index (κ2) is 5.63. The van der Waals surface area contributed by atoms with E-state index in [1.807, 2.05) is 6.07 Å². The maximum atomic E-state index is 13.5. The summed E-state index contributed by atoms with van der Waals surface area (Å²) in [6, 6.07) is 6.15. The molecule has 1 aliphatic rings. The van der Waals surface area contributed by atoms with Gasteiger partial charge in [-0.15, -0.1) is 0 Å². The molecule has 1 aliphatic carbocycles. The lowest BCUT2D eigenvalue weighted by molar-refractivity contribution is -0.122. The highest BCUT2D eigenvalue weighted by atomic mass is 19.1. The van der Waals surface area contributed by atoms with E-state index in [9.17, 15) is 9.18 Å². The average Bonchev–Trinajstić information content (AvgIpc) is 2.32. The van der Waals surface area contributed by atoms with E-state index in [1.54, 1.807) is 6.07 Å². The first kappa shape index (κ1) is 12.6. The third-order valence-electron chi connectivity index (χ3n) is 3.36. The van der Waals surface area contributed by atoms with Gasteiger partial charge in [0, 0.05) is 18.5 Å². The molecule has 0 atom stereocenters. The Bertz CT molecular complexity index is 489. The number of benzene rings is 1. The lowest BCUT2D eigenvalue weighted by Crippen LogP contribution is -2.27. The summed E-state index contributed by atoms with van der Waals surface area (Å²) in [5.41, 5.74) is 0.702. The summed E-state index contributed by atoms with van der Waals surface area (Å²) in [6.07, 6.45) is 4.00.